The Morgan fingerprint density at radius 1 is 1.33 bits per heavy atom. The maximum atomic E-state index is 6.07. The average Bonchev–Trinajstić information content (AvgIpc) is 3.08. The van der Waals surface area contributed by atoms with E-state index in [1.807, 2.05) is 0 Å². The fraction of sp³-hybridized carbons (Fsp3) is 0.765. The van der Waals surface area contributed by atoms with Gasteiger partial charge < -0.3 is 14.6 Å². The highest BCUT2D eigenvalue weighted by Gasteiger charge is 2.31. The summed E-state index contributed by atoms with van der Waals surface area (Å²) in [6.45, 7) is 8.64. The van der Waals surface area contributed by atoms with Crippen molar-refractivity contribution in [1.82, 2.24) is 15.1 Å². The number of nitrogens with zero attached hydrogens (tertiary/aromatic N) is 2. The molecule has 2 heterocycles. The van der Waals surface area contributed by atoms with E-state index < -0.39 is 0 Å². The molecule has 0 aromatic carbocycles. The number of likely N-dealkylation sites (tertiary alicyclic amines) is 1. The van der Waals surface area contributed by atoms with E-state index in [0.29, 0.717) is 6.04 Å². The first-order chi connectivity index (χ1) is 10.0. The van der Waals surface area contributed by atoms with Crippen LogP contribution in [0.15, 0.2) is 10.5 Å². The van der Waals surface area contributed by atoms with Crippen molar-refractivity contribution >= 4 is 0 Å². The van der Waals surface area contributed by atoms with Crippen LogP contribution in [-0.2, 0) is 13.1 Å². The normalized spacial score (nSPS) is 26.9. The molecule has 1 saturated carbocycles. The standard InChI is InChI=1S/C17H29N3O/c1-12-7-15(21-17(12)8-18-14-5-6-14)10-20-9-13(2)16(11-20)19(3)4/h7,13-14,16,18H,5-6,8-11H2,1-4H3. The van der Waals surface area contributed by atoms with E-state index in [9.17, 15) is 0 Å². The van der Waals surface area contributed by atoms with E-state index in [2.05, 4.69) is 49.1 Å². The molecule has 1 aliphatic heterocycles. The molecule has 2 unspecified atom stereocenters. The van der Waals surface area contributed by atoms with E-state index >= 15 is 0 Å². The van der Waals surface area contributed by atoms with Gasteiger partial charge in [0.05, 0.1) is 13.1 Å². The van der Waals surface area contributed by atoms with Crippen LogP contribution in [0.2, 0.25) is 0 Å². The molecule has 3 rings (SSSR count). The second-order valence-corrected chi connectivity index (χ2v) is 7.18. The fourth-order valence-electron chi connectivity index (χ4n) is 3.44. The van der Waals surface area contributed by atoms with Gasteiger partial charge in [0.25, 0.3) is 0 Å². The first kappa shape index (κ1) is 15.1. The van der Waals surface area contributed by atoms with E-state index in [1.54, 1.807) is 0 Å². The molecule has 1 aromatic rings. The number of hydrogen-bond donors (Lipinski definition) is 1. The zero-order chi connectivity index (χ0) is 15.0. The Morgan fingerprint density at radius 2 is 2.10 bits per heavy atom. The quantitative estimate of drug-likeness (QED) is 0.871. The maximum Gasteiger partial charge on any atom is 0.120 e. The Kier molecular flexibility index (Phi) is 4.38. The van der Waals surface area contributed by atoms with Crippen molar-refractivity contribution in [2.45, 2.75) is 51.9 Å². The molecule has 4 nitrogen and oxygen atoms in total. The third-order valence-electron chi connectivity index (χ3n) is 4.89. The molecule has 0 bridgehead atoms. The van der Waals surface area contributed by atoms with Gasteiger partial charge in [0.1, 0.15) is 11.5 Å². The fourth-order valence-corrected chi connectivity index (χ4v) is 3.44. The topological polar surface area (TPSA) is 31.6 Å². The average molecular weight is 291 g/mol. The van der Waals surface area contributed by atoms with Gasteiger partial charge >= 0.3 is 0 Å². The molecule has 2 atom stereocenters. The van der Waals surface area contributed by atoms with Gasteiger partial charge in [-0.05, 0) is 51.4 Å². The minimum absolute atomic E-state index is 0.664. The predicted octanol–water partition coefficient (Wildman–Crippen LogP) is 2.22. The Labute approximate surface area is 128 Å². The predicted molar refractivity (Wildman–Crippen MR) is 85.2 cm³/mol. The van der Waals surface area contributed by atoms with Gasteiger partial charge in [-0.15, -0.1) is 0 Å². The van der Waals surface area contributed by atoms with Gasteiger partial charge in [0, 0.05) is 25.2 Å². The molecule has 2 fully saturated rings. The summed E-state index contributed by atoms with van der Waals surface area (Å²) in [7, 11) is 4.37. The Morgan fingerprint density at radius 3 is 2.71 bits per heavy atom. The van der Waals surface area contributed by atoms with Crippen LogP contribution in [0.25, 0.3) is 0 Å². The molecule has 2 aliphatic rings. The van der Waals surface area contributed by atoms with Gasteiger partial charge in [0.2, 0.25) is 0 Å². The molecule has 118 valence electrons. The molecule has 0 spiro atoms. The third kappa shape index (κ3) is 3.68. The molecule has 21 heavy (non-hydrogen) atoms. The summed E-state index contributed by atoms with van der Waals surface area (Å²) in [5.41, 5.74) is 1.29. The van der Waals surface area contributed by atoms with Crippen LogP contribution in [-0.4, -0.2) is 49.1 Å². The third-order valence-corrected chi connectivity index (χ3v) is 4.89. The number of aryl methyl sites for hydroxylation is 1. The van der Waals surface area contributed by atoms with Crippen molar-refractivity contribution in [1.29, 1.82) is 0 Å². The minimum atomic E-state index is 0.664. The van der Waals surface area contributed by atoms with Gasteiger partial charge in [-0.1, -0.05) is 6.92 Å². The zero-order valence-electron chi connectivity index (χ0n) is 13.9. The molecule has 1 aromatic heterocycles. The van der Waals surface area contributed by atoms with Crippen molar-refractivity contribution < 1.29 is 4.42 Å². The van der Waals surface area contributed by atoms with Gasteiger partial charge in [-0.3, -0.25) is 4.90 Å². The smallest absolute Gasteiger partial charge is 0.120 e. The number of nitrogens with one attached hydrogen (secondary N) is 1. The molecule has 1 N–H and O–H groups in total. The first-order valence-electron chi connectivity index (χ1n) is 8.23. The second-order valence-electron chi connectivity index (χ2n) is 7.18. The number of furan rings is 1. The van der Waals surface area contributed by atoms with E-state index in [-0.39, 0.29) is 0 Å². The Hall–Kier alpha value is -0.840. The van der Waals surface area contributed by atoms with Crippen LogP contribution in [0.4, 0.5) is 0 Å². The van der Waals surface area contributed by atoms with Gasteiger partial charge in [-0.2, -0.15) is 0 Å². The SMILES string of the molecule is Cc1cc(CN2CC(C)C(N(C)C)C2)oc1CNC1CC1. The van der Waals surface area contributed by atoms with Crippen LogP contribution >= 0.6 is 0 Å². The van der Waals surface area contributed by atoms with Crippen molar-refractivity contribution in [3.63, 3.8) is 0 Å². The van der Waals surface area contributed by atoms with Crippen LogP contribution in [0.5, 0.6) is 0 Å². The first-order valence-corrected chi connectivity index (χ1v) is 8.23. The summed E-state index contributed by atoms with van der Waals surface area (Å²) in [5, 5.41) is 3.54. The van der Waals surface area contributed by atoms with Crippen molar-refractivity contribution in [3.05, 3.63) is 23.2 Å². The highest BCUT2D eigenvalue weighted by molar-refractivity contribution is 5.20. The molecular weight excluding hydrogens is 262 g/mol. The van der Waals surface area contributed by atoms with Crippen molar-refractivity contribution in [2.24, 2.45) is 5.92 Å². The van der Waals surface area contributed by atoms with Crippen LogP contribution < -0.4 is 5.32 Å². The summed E-state index contributed by atoms with van der Waals surface area (Å²) in [6.07, 6.45) is 2.65. The Bertz CT molecular complexity index is 478. The summed E-state index contributed by atoms with van der Waals surface area (Å²) in [6, 6.07) is 3.62. The lowest BCUT2D eigenvalue weighted by Crippen LogP contribution is -2.34. The molecular formula is C17H29N3O. The Balaban J connectivity index is 1.56. The molecule has 1 aliphatic carbocycles. The van der Waals surface area contributed by atoms with E-state index in [4.69, 9.17) is 4.42 Å². The number of rotatable bonds is 6. The highest BCUT2D eigenvalue weighted by Crippen LogP contribution is 2.24. The lowest BCUT2D eigenvalue weighted by Gasteiger charge is -2.22. The number of likely N-dealkylation sites (N-methyl/N-ethyl adjacent to an activating group) is 1. The van der Waals surface area contributed by atoms with Crippen molar-refractivity contribution in [2.75, 3.05) is 27.2 Å². The largest absolute Gasteiger partial charge is 0.463 e. The lowest BCUT2D eigenvalue weighted by atomic mass is 10.1. The van der Waals surface area contributed by atoms with Crippen molar-refractivity contribution in [3.8, 4) is 0 Å². The van der Waals surface area contributed by atoms with Crippen LogP contribution in [0.1, 0.15) is 36.8 Å². The maximum absolute atomic E-state index is 6.07. The number of hydrogen-bond acceptors (Lipinski definition) is 4. The lowest BCUT2D eigenvalue weighted by molar-refractivity contribution is 0.242. The molecule has 0 radical (unpaired) electrons. The monoisotopic (exact) mass is 291 g/mol. The summed E-state index contributed by atoms with van der Waals surface area (Å²) >= 11 is 0. The summed E-state index contributed by atoms with van der Waals surface area (Å²) in [4.78, 5) is 4.87. The van der Waals surface area contributed by atoms with Crippen LogP contribution in [0.3, 0.4) is 0 Å². The van der Waals surface area contributed by atoms with Gasteiger partial charge in [-0.25, -0.2) is 0 Å². The zero-order valence-corrected chi connectivity index (χ0v) is 13.9. The second kappa shape index (κ2) is 6.11. The van der Waals surface area contributed by atoms with Gasteiger partial charge in [0.15, 0.2) is 0 Å². The molecule has 4 heteroatoms. The highest BCUT2D eigenvalue weighted by atomic mass is 16.3. The summed E-state index contributed by atoms with van der Waals surface area (Å²) < 4.78 is 6.07. The molecule has 0 amide bonds. The van der Waals surface area contributed by atoms with E-state index in [0.717, 1.165) is 49.7 Å². The van der Waals surface area contributed by atoms with Crippen LogP contribution in [0, 0.1) is 12.8 Å². The summed E-state index contributed by atoms with van der Waals surface area (Å²) in [5.74, 6) is 2.96. The minimum Gasteiger partial charge on any atom is -0.463 e. The molecule has 1 saturated heterocycles. The van der Waals surface area contributed by atoms with E-state index in [1.165, 1.54) is 18.4 Å².